The van der Waals surface area contributed by atoms with E-state index in [1.807, 2.05) is 4.90 Å². The van der Waals surface area contributed by atoms with Crippen LogP contribution >= 0.6 is 0 Å². The summed E-state index contributed by atoms with van der Waals surface area (Å²) in [6.45, 7) is 11.0. The fourth-order valence-corrected chi connectivity index (χ4v) is 2.13. The Bertz CT molecular complexity index is 235. The standard InChI is InChI=1S/C13H27N3O/c1-11(2)15-6-8-16(9-7-15)13(17)5-4-12(3)10-14/h11-12H,4-10,14H2,1-3H3. The zero-order valence-electron chi connectivity index (χ0n) is 11.5. The molecular weight excluding hydrogens is 214 g/mol. The minimum Gasteiger partial charge on any atom is -0.340 e. The number of hydrogen-bond acceptors (Lipinski definition) is 3. The molecule has 0 aromatic carbocycles. The van der Waals surface area contributed by atoms with Crippen LogP contribution in [-0.4, -0.2) is 54.5 Å². The van der Waals surface area contributed by atoms with E-state index in [4.69, 9.17) is 5.73 Å². The second kappa shape index (κ2) is 6.97. The van der Waals surface area contributed by atoms with Crippen LogP contribution in [0.4, 0.5) is 0 Å². The lowest BCUT2D eigenvalue weighted by atomic mass is 10.1. The maximum atomic E-state index is 12.0. The van der Waals surface area contributed by atoms with Crippen molar-refractivity contribution in [2.45, 2.75) is 39.7 Å². The average molecular weight is 241 g/mol. The van der Waals surface area contributed by atoms with Crippen LogP contribution in [0.5, 0.6) is 0 Å². The molecule has 0 aliphatic carbocycles. The Labute approximate surface area is 105 Å². The fraction of sp³-hybridized carbons (Fsp3) is 0.923. The van der Waals surface area contributed by atoms with Gasteiger partial charge in [-0.25, -0.2) is 0 Å². The van der Waals surface area contributed by atoms with E-state index in [1.54, 1.807) is 0 Å². The largest absolute Gasteiger partial charge is 0.340 e. The molecule has 1 heterocycles. The van der Waals surface area contributed by atoms with Gasteiger partial charge in [0.2, 0.25) is 5.91 Å². The van der Waals surface area contributed by atoms with E-state index in [2.05, 4.69) is 25.7 Å². The quantitative estimate of drug-likeness (QED) is 0.778. The van der Waals surface area contributed by atoms with Crippen molar-refractivity contribution in [3.63, 3.8) is 0 Å². The van der Waals surface area contributed by atoms with Gasteiger partial charge in [0.05, 0.1) is 0 Å². The molecule has 1 saturated heterocycles. The van der Waals surface area contributed by atoms with E-state index in [0.717, 1.165) is 32.6 Å². The van der Waals surface area contributed by atoms with Gasteiger partial charge in [-0.2, -0.15) is 0 Å². The third-order valence-corrected chi connectivity index (χ3v) is 3.65. The van der Waals surface area contributed by atoms with Gasteiger partial charge < -0.3 is 10.6 Å². The molecule has 0 aromatic rings. The Morgan fingerprint density at radius 2 is 1.76 bits per heavy atom. The molecule has 4 nitrogen and oxygen atoms in total. The predicted molar refractivity (Wildman–Crippen MR) is 70.7 cm³/mol. The van der Waals surface area contributed by atoms with Crippen molar-refractivity contribution in [2.75, 3.05) is 32.7 Å². The molecule has 2 N–H and O–H groups in total. The van der Waals surface area contributed by atoms with Gasteiger partial charge in [0.25, 0.3) is 0 Å². The van der Waals surface area contributed by atoms with Crippen LogP contribution in [0.1, 0.15) is 33.6 Å². The summed E-state index contributed by atoms with van der Waals surface area (Å²) in [6, 6.07) is 0.588. The van der Waals surface area contributed by atoms with Crippen molar-refractivity contribution < 1.29 is 4.79 Å². The summed E-state index contributed by atoms with van der Waals surface area (Å²) in [4.78, 5) is 16.4. The molecule has 1 aliphatic rings. The molecule has 100 valence electrons. The van der Waals surface area contributed by atoms with Gasteiger partial charge in [0, 0.05) is 38.6 Å². The second-order valence-electron chi connectivity index (χ2n) is 5.39. The molecule has 1 unspecified atom stereocenters. The van der Waals surface area contributed by atoms with Gasteiger partial charge in [-0.05, 0) is 32.7 Å². The zero-order chi connectivity index (χ0) is 12.8. The van der Waals surface area contributed by atoms with Gasteiger partial charge in [-0.1, -0.05) is 6.92 Å². The monoisotopic (exact) mass is 241 g/mol. The van der Waals surface area contributed by atoms with Crippen LogP contribution in [-0.2, 0) is 4.79 Å². The third-order valence-electron chi connectivity index (χ3n) is 3.65. The molecule has 0 radical (unpaired) electrons. The van der Waals surface area contributed by atoms with Crippen LogP contribution in [0, 0.1) is 5.92 Å². The number of piperazine rings is 1. The third kappa shape index (κ3) is 4.64. The van der Waals surface area contributed by atoms with Gasteiger partial charge in [-0.3, -0.25) is 9.69 Å². The first-order valence-electron chi connectivity index (χ1n) is 6.76. The SMILES string of the molecule is CC(CN)CCC(=O)N1CCN(C(C)C)CC1. The zero-order valence-corrected chi connectivity index (χ0v) is 11.5. The van der Waals surface area contributed by atoms with Crippen LogP contribution in [0.3, 0.4) is 0 Å². The smallest absolute Gasteiger partial charge is 0.222 e. The Morgan fingerprint density at radius 1 is 1.18 bits per heavy atom. The van der Waals surface area contributed by atoms with Gasteiger partial charge in [0.1, 0.15) is 0 Å². The predicted octanol–water partition coefficient (Wildman–Crippen LogP) is 0.914. The van der Waals surface area contributed by atoms with Crippen LogP contribution in [0.15, 0.2) is 0 Å². The highest BCUT2D eigenvalue weighted by Gasteiger charge is 2.22. The minimum absolute atomic E-state index is 0.300. The first-order valence-corrected chi connectivity index (χ1v) is 6.76. The summed E-state index contributed by atoms with van der Waals surface area (Å²) in [5.41, 5.74) is 5.56. The van der Waals surface area contributed by atoms with Crippen LogP contribution < -0.4 is 5.73 Å². The summed E-state index contributed by atoms with van der Waals surface area (Å²) in [5.74, 6) is 0.754. The molecule has 0 spiro atoms. The molecule has 1 fully saturated rings. The second-order valence-corrected chi connectivity index (χ2v) is 5.39. The first kappa shape index (κ1) is 14.5. The Hall–Kier alpha value is -0.610. The lowest BCUT2D eigenvalue weighted by molar-refractivity contribution is -0.133. The van der Waals surface area contributed by atoms with Crippen molar-refractivity contribution in [3.05, 3.63) is 0 Å². The number of nitrogens with two attached hydrogens (primary N) is 1. The van der Waals surface area contributed by atoms with Gasteiger partial charge in [0.15, 0.2) is 0 Å². The number of amides is 1. The molecule has 1 rings (SSSR count). The normalized spacial score (nSPS) is 19.7. The van der Waals surface area contributed by atoms with Crippen molar-refractivity contribution >= 4 is 5.91 Å². The molecule has 17 heavy (non-hydrogen) atoms. The molecule has 0 bridgehead atoms. The molecule has 4 heteroatoms. The number of carbonyl (C=O) groups is 1. The summed E-state index contributed by atoms with van der Waals surface area (Å²) >= 11 is 0. The van der Waals surface area contributed by atoms with E-state index in [9.17, 15) is 4.79 Å². The van der Waals surface area contributed by atoms with E-state index in [1.165, 1.54) is 0 Å². The summed E-state index contributed by atoms with van der Waals surface area (Å²) in [7, 11) is 0. The molecule has 0 saturated carbocycles. The van der Waals surface area contributed by atoms with E-state index < -0.39 is 0 Å². The van der Waals surface area contributed by atoms with Crippen LogP contribution in [0.25, 0.3) is 0 Å². The minimum atomic E-state index is 0.300. The summed E-state index contributed by atoms with van der Waals surface area (Å²) in [5, 5.41) is 0. The van der Waals surface area contributed by atoms with Gasteiger partial charge in [-0.15, -0.1) is 0 Å². The maximum absolute atomic E-state index is 12.0. The topological polar surface area (TPSA) is 49.6 Å². The number of carbonyl (C=O) groups excluding carboxylic acids is 1. The molecule has 1 aliphatic heterocycles. The van der Waals surface area contributed by atoms with E-state index in [0.29, 0.717) is 30.8 Å². The average Bonchev–Trinajstić information content (AvgIpc) is 2.35. The first-order chi connectivity index (χ1) is 8.04. The van der Waals surface area contributed by atoms with Crippen molar-refractivity contribution in [1.82, 2.24) is 9.80 Å². The highest BCUT2D eigenvalue weighted by Crippen LogP contribution is 2.10. The maximum Gasteiger partial charge on any atom is 0.222 e. The summed E-state index contributed by atoms with van der Waals surface area (Å²) in [6.07, 6.45) is 1.57. The number of hydrogen-bond donors (Lipinski definition) is 1. The Balaban J connectivity index is 2.26. The van der Waals surface area contributed by atoms with Crippen LogP contribution in [0.2, 0.25) is 0 Å². The lowest BCUT2D eigenvalue weighted by Gasteiger charge is -2.37. The van der Waals surface area contributed by atoms with E-state index >= 15 is 0 Å². The fourth-order valence-electron chi connectivity index (χ4n) is 2.13. The number of rotatable bonds is 5. The number of nitrogens with zero attached hydrogens (tertiary/aromatic N) is 2. The molecular formula is C13H27N3O. The Morgan fingerprint density at radius 3 is 2.24 bits per heavy atom. The lowest BCUT2D eigenvalue weighted by Crippen LogP contribution is -2.50. The molecule has 1 atom stereocenters. The van der Waals surface area contributed by atoms with Crippen molar-refractivity contribution in [3.8, 4) is 0 Å². The van der Waals surface area contributed by atoms with Crippen molar-refractivity contribution in [1.29, 1.82) is 0 Å². The molecule has 1 amide bonds. The van der Waals surface area contributed by atoms with Crippen molar-refractivity contribution in [2.24, 2.45) is 11.7 Å². The molecule has 0 aromatic heterocycles. The summed E-state index contributed by atoms with van der Waals surface area (Å²) < 4.78 is 0. The van der Waals surface area contributed by atoms with Gasteiger partial charge >= 0.3 is 0 Å². The Kier molecular flexibility index (Phi) is 5.92. The highest BCUT2D eigenvalue weighted by atomic mass is 16.2. The van der Waals surface area contributed by atoms with E-state index in [-0.39, 0.29) is 0 Å². The highest BCUT2D eigenvalue weighted by molar-refractivity contribution is 5.76.